The lowest BCUT2D eigenvalue weighted by atomic mass is 9.90. The van der Waals surface area contributed by atoms with Gasteiger partial charge in [0.2, 0.25) is 0 Å². The van der Waals surface area contributed by atoms with E-state index in [4.69, 9.17) is 5.11 Å². The Balaban J connectivity index is 0.000000461. The smallest absolute Gasteiger partial charge is 0.306 e. The third kappa shape index (κ3) is 3.67. The van der Waals surface area contributed by atoms with E-state index in [-0.39, 0.29) is 5.92 Å². The molecule has 0 aliphatic heterocycles. The minimum absolute atomic E-state index is 0.0289. The van der Waals surface area contributed by atoms with Gasteiger partial charge in [-0.05, 0) is 12.8 Å². The summed E-state index contributed by atoms with van der Waals surface area (Å²) < 4.78 is 0. The molecular weight excluding hydrogens is 140 g/mol. The van der Waals surface area contributed by atoms with Crippen LogP contribution in [0.25, 0.3) is 0 Å². The zero-order valence-corrected chi connectivity index (χ0v) is 6.62. The summed E-state index contributed by atoms with van der Waals surface area (Å²) in [5.74, 6) is -0.631. The lowest BCUT2D eigenvalue weighted by molar-refractivity contribution is -0.142. The first-order chi connectivity index (χ1) is 5.30. The maximum absolute atomic E-state index is 10.4. The first-order valence-corrected chi connectivity index (χ1v) is 3.87. The molecule has 11 heavy (non-hydrogen) atoms. The normalized spacial score (nSPS) is 18.0. The summed E-state index contributed by atoms with van der Waals surface area (Å²) in [6.45, 7) is 0. The van der Waals surface area contributed by atoms with Crippen LogP contribution in [-0.2, 0) is 4.79 Å². The van der Waals surface area contributed by atoms with Gasteiger partial charge < -0.3 is 5.11 Å². The Bertz CT molecular complexity index is 132. The maximum Gasteiger partial charge on any atom is 0.306 e. The summed E-state index contributed by atoms with van der Waals surface area (Å²) in [6, 6.07) is 0. The molecule has 1 N–H and O–H groups in total. The molecule has 1 saturated carbocycles. The molecule has 1 rings (SSSR count). The van der Waals surface area contributed by atoms with Crippen LogP contribution in [0, 0.1) is 18.8 Å². The van der Waals surface area contributed by atoms with Gasteiger partial charge in [0.05, 0.1) is 5.92 Å². The topological polar surface area (TPSA) is 37.3 Å². The second-order valence-corrected chi connectivity index (χ2v) is 2.67. The molecule has 0 aromatic heterocycles. The van der Waals surface area contributed by atoms with Crippen LogP contribution in [0.2, 0.25) is 0 Å². The highest BCUT2D eigenvalue weighted by Gasteiger charge is 2.19. The first kappa shape index (κ1) is 10.0. The zero-order chi connectivity index (χ0) is 8.69. The SMILES string of the molecule is C#C.O=C(O)C1CCCCC1. The van der Waals surface area contributed by atoms with Gasteiger partial charge in [-0.3, -0.25) is 4.79 Å². The van der Waals surface area contributed by atoms with Crippen molar-refractivity contribution in [3.63, 3.8) is 0 Å². The Hall–Kier alpha value is -0.970. The number of hydrogen-bond donors (Lipinski definition) is 1. The van der Waals surface area contributed by atoms with E-state index in [0.29, 0.717) is 0 Å². The molecule has 1 aliphatic rings. The van der Waals surface area contributed by atoms with Gasteiger partial charge in [0.1, 0.15) is 0 Å². The van der Waals surface area contributed by atoms with E-state index in [0.717, 1.165) is 25.7 Å². The predicted octanol–water partition coefficient (Wildman–Crippen LogP) is 1.90. The Labute approximate surface area is 67.6 Å². The molecule has 2 nitrogen and oxygen atoms in total. The molecule has 0 saturated heterocycles. The molecule has 0 heterocycles. The molecule has 0 amide bonds. The summed E-state index contributed by atoms with van der Waals surface area (Å²) in [7, 11) is 0. The number of rotatable bonds is 1. The predicted molar refractivity (Wildman–Crippen MR) is 44.1 cm³/mol. The molecule has 2 heteroatoms. The van der Waals surface area contributed by atoms with Crippen LogP contribution < -0.4 is 0 Å². The highest BCUT2D eigenvalue weighted by molar-refractivity contribution is 5.69. The molecule has 1 fully saturated rings. The second-order valence-electron chi connectivity index (χ2n) is 2.67. The fourth-order valence-corrected chi connectivity index (χ4v) is 1.35. The number of aliphatic carboxylic acids is 1. The average molecular weight is 154 g/mol. The van der Waals surface area contributed by atoms with Crippen molar-refractivity contribution in [3.8, 4) is 12.8 Å². The summed E-state index contributed by atoms with van der Waals surface area (Å²) in [6.07, 6.45) is 13.2. The standard InChI is InChI=1S/C7H12O2.C2H2/c8-7(9)6-4-2-1-3-5-6;1-2/h6H,1-5H2,(H,8,9);1-2H. The number of hydrogen-bond acceptors (Lipinski definition) is 1. The minimum Gasteiger partial charge on any atom is -0.481 e. The van der Waals surface area contributed by atoms with E-state index in [9.17, 15) is 4.79 Å². The van der Waals surface area contributed by atoms with Gasteiger partial charge in [-0.1, -0.05) is 19.3 Å². The van der Waals surface area contributed by atoms with Crippen LogP contribution in [0.1, 0.15) is 32.1 Å². The maximum atomic E-state index is 10.4. The number of carboxylic acids is 1. The van der Waals surface area contributed by atoms with Gasteiger partial charge in [0.25, 0.3) is 0 Å². The highest BCUT2D eigenvalue weighted by Crippen LogP contribution is 2.23. The third-order valence-electron chi connectivity index (χ3n) is 1.95. The van der Waals surface area contributed by atoms with E-state index < -0.39 is 5.97 Å². The average Bonchev–Trinajstić information content (AvgIpc) is 2.10. The van der Waals surface area contributed by atoms with Crippen LogP contribution in [0.3, 0.4) is 0 Å². The van der Waals surface area contributed by atoms with Gasteiger partial charge in [-0.15, -0.1) is 12.8 Å². The van der Waals surface area contributed by atoms with Gasteiger partial charge in [-0.2, -0.15) is 0 Å². The van der Waals surface area contributed by atoms with Gasteiger partial charge in [0, 0.05) is 0 Å². The van der Waals surface area contributed by atoms with Crippen LogP contribution >= 0.6 is 0 Å². The van der Waals surface area contributed by atoms with Crippen molar-refractivity contribution in [2.24, 2.45) is 5.92 Å². The van der Waals surface area contributed by atoms with Crippen molar-refractivity contribution in [1.82, 2.24) is 0 Å². The summed E-state index contributed by atoms with van der Waals surface area (Å²) in [4.78, 5) is 10.4. The number of carboxylic acid groups (broad SMARTS) is 1. The zero-order valence-electron chi connectivity index (χ0n) is 6.62. The fourth-order valence-electron chi connectivity index (χ4n) is 1.35. The van der Waals surface area contributed by atoms with Crippen molar-refractivity contribution in [3.05, 3.63) is 0 Å². The van der Waals surface area contributed by atoms with Crippen molar-refractivity contribution in [2.45, 2.75) is 32.1 Å². The number of terminal acetylenes is 1. The third-order valence-corrected chi connectivity index (χ3v) is 1.95. The van der Waals surface area contributed by atoms with Crippen LogP contribution in [0.5, 0.6) is 0 Å². The molecule has 0 aromatic rings. The molecule has 62 valence electrons. The Morgan fingerprint density at radius 2 is 1.64 bits per heavy atom. The molecule has 0 atom stereocenters. The second kappa shape index (κ2) is 5.79. The lowest BCUT2D eigenvalue weighted by Gasteiger charge is -2.16. The van der Waals surface area contributed by atoms with Crippen LogP contribution in [0.4, 0.5) is 0 Å². The van der Waals surface area contributed by atoms with E-state index in [2.05, 4.69) is 12.8 Å². The van der Waals surface area contributed by atoms with Crippen molar-refractivity contribution >= 4 is 5.97 Å². The van der Waals surface area contributed by atoms with Crippen LogP contribution in [-0.4, -0.2) is 11.1 Å². The summed E-state index contributed by atoms with van der Waals surface area (Å²) in [5.41, 5.74) is 0. The minimum atomic E-state index is -0.602. The molecular formula is C9H14O2. The van der Waals surface area contributed by atoms with E-state index in [1.807, 2.05) is 0 Å². The van der Waals surface area contributed by atoms with E-state index in [1.165, 1.54) is 6.42 Å². The Morgan fingerprint density at radius 1 is 1.18 bits per heavy atom. The lowest BCUT2D eigenvalue weighted by Crippen LogP contribution is -2.16. The Kier molecular flexibility index (Phi) is 5.28. The largest absolute Gasteiger partial charge is 0.481 e. The molecule has 0 spiro atoms. The fraction of sp³-hybridized carbons (Fsp3) is 0.667. The van der Waals surface area contributed by atoms with Crippen molar-refractivity contribution in [1.29, 1.82) is 0 Å². The highest BCUT2D eigenvalue weighted by atomic mass is 16.4. The molecule has 0 bridgehead atoms. The Morgan fingerprint density at radius 3 is 1.91 bits per heavy atom. The molecule has 0 radical (unpaired) electrons. The first-order valence-electron chi connectivity index (χ1n) is 3.87. The molecule has 0 unspecified atom stereocenters. The quantitative estimate of drug-likeness (QED) is 0.586. The van der Waals surface area contributed by atoms with Gasteiger partial charge in [0.15, 0.2) is 0 Å². The van der Waals surface area contributed by atoms with Gasteiger partial charge >= 0.3 is 5.97 Å². The van der Waals surface area contributed by atoms with E-state index in [1.54, 1.807) is 0 Å². The summed E-state index contributed by atoms with van der Waals surface area (Å²) >= 11 is 0. The van der Waals surface area contributed by atoms with Crippen molar-refractivity contribution in [2.75, 3.05) is 0 Å². The van der Waals surface area contributed by atoms with Crippen LogP contribution in [0.15, 0.2) is 0 Å². The number of carbonyl (C=O) groups is 1. The molecule has 1 aliphatic carbocycles. The van der Waals surface area contributed by atoms with Crippen molar-refractivity contribution < 1.29 is 9.90 Å². The van der Waals surface area contributed by atoms with Gasteiger partial charge in [-0.25, -0.2) is 0 Å². The van der Waals surface area contributed by atoms with E-state index >= 15 is 0 Å². The molecule has 0 aromatic carbocycles. The monoisotopic (exact) mass is 154 g/mol. The summed E-state index contributed by atoms with van der Waals surface area (Å²) in [5, 5.41) is 8.54.